The van der Waals surface area contributed by atoms with Crippen molar-refractivity contribution in [3.63, 3.8) is 0 Å². The Morgan fingerprint density at radius 2 is 1.87 bits per heavy atom. The molecule has 0 aliphatic heterocycles. The summed E-state index contributed by atoms with van der Waals surface area (Å²) in [5.41, 5.74) is 0.438. The Balaban J connectivity index is 3.21. The van der Waals surface area contributed by atoms with Crippen LogP contribution in [-0.4, -0.2) is 20.5 Å². The van der Waals surface area contributed by atoms with Crippen molar-refractivity contribution >= 4 is 5.95 Å². The Bertz CT molecular complexity index is 413. The molecule has 0 bridgehead atoms. The molecule has 1 heterocycles. The molecule has 0 saturated carbocycles. The van der Waals surface area contributed by atoms with Gasteiger partial charge in [-0.3, -0.25) is 9.97 Å². The number of nitrogens with two attached hydrogens (primary N) is 2. The van der Waals surface area contributed by atoms with Gasteiger partial charge in [0.05, 0.1) is 0 Å². The Hall–Kier alpha value is -1.99. The van der Waals surface area contributed by atoms with Gasteiger partial charge in [0.15, 0.2) is 0 Å². The first kappa shape index (κ1) is 11.1. The van der Waals surface area contributed by atoms with Crippen LogP contribution in [-0.2, 0) is 0 Å². The van der Waals surface area contributed by atoms with Crippen molar-refractivity contribution in [1.82, 2.24) is 15.0 Å². The Morgan fingerprint density at radius 1 is 1.20 bits per heavy atom. The van der Waals surface area contributed by atoms with Crippen molar-refractivity contribution in [3.05, 3.63) is 11.2 Å². The van der Waals surface area contributed by atoms with Crippen LogP contribution in [0.4, 0.5) is 5.95 Å². The number of aromatic nitrogens is 3. The lowest BCUT2D eigenvalue weighted by molar-refractivity contribution is 0.620. The zero-order valence-electron chi connectivity index (χ0n) is 9.00. The standard InChI is InChI=1S/C7H16N8/c1-7(2,3)13-4-10-5(14-8)12-6(11-4)15-9/h8-9H2,1-3H3,(H3,10,11,12,13,14,15). The Kier molecular flexibility index (Phi) is 2.98. The van der Waals surface area contributed by atoms with Crippen LogP contribution in [0.2, 0.25) is 0 Å². The molecule has 8 nitrogen and oxygen atoms in total. The van der Waals surface area contributed by atoms with Crippen molar-refractivity contribution in [1.29, 1.82) is 0 Å². The fourth-order valence-corrected chi connectivity index (χ4v) is 0.951. The maximum atomic E-state index is 5.13. The molecule has 8 heteroatoms. The van der Waals surface area contributed by atoms with E-state index in [9.17, 15) is 0 Å². The summed E-state index contributed by atoms with van der Waals surface area (Å²) in [5.74, 6) is 10.7. The van der Waals surface area contributed by atoms with Gasteiger partial charge in [-0.2, -0.15) is 4.98 Å². The molecule has 0 fully saturated rings. The highest BCUT2D eigenvalue weighted by Gasteiger charge is 2.10. The summed E-state index contributed by atoms with van der Waals surface area (Å²) in [4.78, 5) is 9.58. The SMILES string of the molecule is CC(C)(C)Nc1nc(=NN)[nH]/c(=N\N)[nH]1. The van der Waals surface area contributed by atoms with Crippen LogP contribution in [0.5, 0.6) is 0 Å². The minimum atomic E-state index is -0.136. The molecule has 0 spiro atoms. The Morgan fingerprint density at radius 3 is 2.33 bits per heavy atom. The summed E-state index contributed by atoms with van der Waals surface area (Å²) >= 11 is 0. The zero-order chi connectivity index (χ0) is 11.5. The van der Waals surface area contributed by atoms with Crippen LogP contribution in [0, 0.1) is 0 Å². The van der Waals surface area contributed by atoms with Gasteiger partial charge in [-0.1, -0.05) is 0 Å². The number of nitrogens with one attached hydrogen (secondary N) is 3. The highest BCUT2D eigenvalue weighted by atomic mass is 15.3. The van der Waals surface area contributed by atoms with E-state index in [-0.39, 0.29) is 11.2 Å². The number of hydrogen-bond acceptors (Lipinski definition) is 6. The number of H-pyrrole nitrogens is 2. The van der Waals surface area contributed by atoms with Crippen molar-refractivity contribution < 1.29 is 0 Å². The van der Waals surface area contributed by atoms with Gasteiger partial charge < -0.3 is 17.0 Å². The normalized spacial score (nSPS) is 14.3. The van der Waals surface area contributed by atoms with Crippen molar-refractivity contribution in [3.8, 4) is 0 Å². The Labute approximate surface area is 86.5 Å². The largest absolute Gasteiger partial charge is 0.351 e. The number of anilines is 1. The van der Waals surface area contributed by atoms with Gasteiger partial charge in [0.1, 0.15) is 0 Å². The molecule has 0 aliphatic carbocycles. The summed E-state index contributed by atoms with van der Waals surface area (Å²) in [6.45, 7) is 5.99. The fraction of sp³-hybridized carbons (Fsp3) is 0.571. The average Bonchev–Trinajstić information content (AvgIpc) is 2.14. The predicted molar refractivity (Wildman–Crippen MR) is 55.8 cm³/mol. The molecule has 0 saturated heterocycles. The van der Waals surface area contributed by atoms with E-state index in [0.717, 1.165) is 0 Å². The van der Waals surface area contributed by atoms with E-state index in [1.54, 1.807) is 0 Å². The molecule has 0 amide bonds. The van der Waals surface area contributed by atoms with Gasteiger partial charge in [0, 0.05) is 5.54 Å². The number of hydrogen-bond donors (Lipinski definition) is 5. The smallest absolute Gasteiger partial charge is 0.249 e. The van der Waals surface area contributed by atoms with Gasteiger partial charge in [-0.05, 0) is 20.8 Å². The maximum absolute atomic E-state index is 5.13. The van der Waals surface area contributed by atoms with Crippen LogP contribution in [0.1, 0.15) is 20.8 Å². The topological polar surface area (TPSA) is 133 Å². The zero-order valence-corrected chi connectivity index (χ0v) is 9.00. The van der Waals surface area contributed by atoms with E-state index in [1.807, 2.05) is 20.8 Å². The third-order valence-electron chi connectivity index (χ3n) is 1.43. The van der Waals surface area contributed by atoms with E-state index in [1.165, 1.54) is 0 Å². The van der Waals surface area contributed by atoms with Crippen molar-refractivity contribution in [2.75, 3.05) is 5.32 Å². The van der Waals surface area contributed by atoms with E-state index < -0.39 is 0 Å². The van der Waals surface area contributed by atoms with E-state index in [2.05, 4.69) is 30.5 Å². The molecule has 0 atom stereocenters. The van der Waals surface area contributed by atoms with Crippen LogP contribution in [0.15, 0.2) is 10.2 Å². The fourth-order valence-electron chi connectivity index (χ4n) is 0.951. The number of nitrogens with zero attached hydrogens (tertiary/aromatic N) is 3. The molecule has 0 aliphatic rings. The van der Waals surface area contributed by atoms with Crippen molar-refractivity contribution in [2.45, 2.75) is 26.3 Å². The summed E-state index contributed by atoms with van der Waals surface area (Å²) in [6.07, 6.45) is 0. The summed E-state index contributed by atoms with van der Waals surface area (Å²) in [6, 6.07) is 0. The summed E-state index contributed by atoms with van der Waals surface area (Å²) in [5, 5.41) is 10.0. The average molecular weight is 212 g/mol. The monoisotopic (exact) mass is 212 g/mol. The molecular weight excluding hydrogens is 196 g/mol. The summed E-state index contributed by atoms with van der Waals surface area (Å²) < 4.78 is 0. The second kappa shape index (κ2) is 4.03. The molecule has 7 N–H and O–H groups in total. The van der Waals surface area contributed by atoms with Gasteiger partial charge in [0.25, 0.3) is 0 Å². The van der Waals surface area contributed by atoms with Crippen LogP contribution < -0.4 is 28.2 Å². The van der Waals surface area contributed by atoms with Crippen LogP contribution in [0.3, 0.4) is 0 Å². The van der Waals surface area contributed by atoms with Crippen LogP contribution >= 0.6 is 0 Å². The molecule has 1 aromatic rings. The molecule has 1 rings (SSSR count). The van der Waals surface area contributed by atoms with Gasteiger partial charge in [-0.25, -0.2) is 0 Å². The first-order chi connectivity index (χ1) is 6.94. The molecule has 15 heavy (non-hydrogen) atoms. The first-order valence-electron chi connectivity index (χ1n) is 4.41. The van der Waals surface area contributed by atoms with Gasteiger partial charge in [0.2, 0.25) is 17.2 Å². The predicted octanol–water partition coefficient (Wildman–Crippen LogP) is -1.50. The van der Waals surface area contributed by atoms with Gasteiger partial charge in [-0.15, -0.1) is 10.2 Å². The molecule has 1 aromatic heterocycles. The van der Waals surface area contributed by atoms with E-state index >= 15 is 0 Å². The number of aromatic amines is 2. The first-order valence-corrected chi connectivity index (χ1v) is 4.41. The second-order valence-corrected chi connectivity index (χ2v) is 4.02. The molecule has 0 radical (unpaired) electrons. The third-order valence-corrected chi connectivity index (χ3v) is 1.43. The van der Waals surface area contributed by atoms with E-state index in [0.29, 0.717) is 11.6 Å². The highest BCUT2D eigenvalue weighted by Crippen LogP contribution is 2.05. The summed E-state index contributed by atoms with van der Waals surface area (Å²) in [7, 11) is 0. The lowest BCUT2D eigenvalue weighted by Crippen LogP contribution is -2.35. The highest BCUT2D eigenvalue weighted by molar-refractivity contribution is 5.24. The number of rotatable bonds is 1. The molecule has 0 unspecified atom stereocenters. The lowest BCUT2D eigenvalue weighted by atomic mass is 10.1. The quantitative estimate of drug-likeness (QED) is 0.286. The maximum Gasteiger partial charge on any atom is 0.249 e. The van der Waals surface area contributed by atoms with Crippen molar-refractivity contribution in [2.24, 2.45) is 21.9 Å². The third kappa shape index (κ3) is 3.33. The minimum Gasteiger partial charge on any atom is -0.351 e. The second-order valence-electron chi connectivity index (χ2n) is 4.02. The molecular formula is C7H16N8. The van der Waals surface area contributed by atoms with E-state index in [4.69, 9.17) is 11.7 Å². The molecule has 84 valence electrons. The lowest BCUT2D eigenvalue weighted by Gasteiger charge is -2.20. The molecule has 0 aromatic carbocycles. The minimum absolute atomic E-state index is 0.136. The van der Waals surface area contributed by atoms with Crippen LogP contribution in [0.25, 0.3) is 0 Å². The van der Waals surface area contributed by atoms with Gasteiger partial charge >= 0.3 is 0 Å².